The minimum Gasteiger partial charge on any atom is -0.459 e. The third-order valence-corrected chi connectivity index (χ3v) is 2.03. The molecule has 0 aliphatic heterocycles. The molecule has 0 unspecified atom stereocenters. The molecular formula is C10H8Cl2F2O3. The summed E-state index contributed by atoms with van der Waals surface area (Å²) in [5.41, 5.74) is 0. The van der Waals surface area contributed by atoms with E-state index in [9.17, 15) is 13.6 Å². The lowest BCUT2D eigenvalue weighted by molar-refractivity contribution is -0.216. The van der Waals surface area contributed by atoms with Gasteiger partial charge >= 0.3 is 12.1 Å². The molecule has 0 saturated heterocycles. The third kappa shape index (κ3) is 4.02. The number of rotatable bonds is 4. The van der Waals surface area contributed by atoms with Crippen molar-refractivity contribution in [2.45, 2.75) is 13.0 Å². The molecule has 1 aromatic carbocycles. The van der Waals surface area contributed by atoms with Gasteiger partial charge in [-0.15, -0.1) is 0 Å². The summed E-state index contributed by atoms with van der Waals surface area (Å²) in [7, 11) is 0. The molecular weight excluding hydrogens is 277 g/mol. The quantitative estimate of drug-likeness (QED) is 0.794. The van der Waals surface area contributed by atoms with Crippen LogP contribution in [-0.2, 0) is 9.53 Å². The van der Waals surface area contributed by atoms with Crippen molar-refractivity contribution in [1.82, 2.24) is 0 Å². The van der Waals surface area contributed by atoms with E-state index in [-0.39, 0.29) is 22.4 Å². The standard InChI is InChI=1S/C10H8Cl2F2O3/c1-2-16-9(15)10(13,14)17-8-4-6(11)3-7(12)5-8/h3-5H,2H2,1H3. The average molecular weight is 285 g/mol. The number of carbonyl (C=O) groups excluding carboxylic acids is 1. The first-order valence-electron chi connectivity index (χ1n) is 4.55. The van der Waals surface area contributed by atoms with Crippen LogP contribution in [0.2, 0.25) is 10.0 Å². The van der Waals surface area contributed by atoms with Gasteiger partial charge in [-0.05, 0) is 25.1 Å². The van der Waals surface area contributed by atoms with Crippen LogP contribution < -0.4 is 4.74 Å². The highest BCUT2D eigenvalue weighted by Crippen LogP contribution is 2.28. The molecule has 0 aliphatic carbocycles. The van der Waals surface area contributed by atoms with Crippen LogP contribution in [0.15, 0.2) is 18.2 Å². The van der Waals surface area contributed by atoms with Crippen LogP contribution in [0.25, 0.3) is 0 Å². The highest BCUT2D eigenvalue weighted by molar-refractivity contribution is 6.34. The van der Waals surface area contributed by atoms with Crippen molar-refractivity contribution in [1.29, 1.82) is 0 Å². The molecule has 1 rings (SSSR count). The molecule has 0 atom stereocenters. The molecule has 1 aromatic rings. The minimum absolute atomic E-state index is 0.118. The zero-order chi connectivity index (χ0) is 13.1. The number of ether oxygens (including phenoxy) is 2. The first-order valence-corrected chi connectivity index (χ1v) is 5.31. The number of halogens is 4. The highest BCUT2D eigenvalue weighted by Gasteiger charge is 2.44. The molecule has 0 radical (unpaired) electrons. The number of carbonyl (C=O) groups is 1. The monoisotopic (exact) mass is 284 g/mol. The van der Waals surface area contributed by atoms with E-state index < -0.39 is 12.1 Å². The van der Waals surface area contributed by atoms with Gasteiger partial charge in [0.1, 0.15) is 5.75 Å². The number of alkyl halides is 2. The van der Waals surface area contributed by atoms with E-state index in [0.29, 0.717) is 0 Å². The number of esters is 1. The Hall–Kier alpha value is -1.07. The van der Waals surface area contributed by atoms with Gasteiger partial charge in [0.2, 0.25) is 0 Å². The topological polar surface area (TPSA) is 35.5 Å². The van der Waals surface area contributed by atoms with Crippen molar-refractivity contribution in [3.05, 3.63) is 28.2 Å². The molecule has 0 amide bonds. The lowest BCUT2D eigenvalue weighted by Gasteiger charge is -2.16. The summed E-state index contributed by atoms with van der Waals surface area (Å²) in [5.74, 6) is -2.09. The van der Waals surface area contributed by atoms with Crippen LogP contribution in [0.1, 0.15) is 6.92 Å². The van der Waals surface area contributed by atoms with E-state index in [2.05, 4.69) is 9.47 Å². The van der Waals surface area contributed by atoms with Gasteiger partial charge in [0.25, 0.3) is 0 Å². The van der Waals surface area contributed by atoms with Crippen molar-refractivity contribution < 1.29 is 23.0 Å². The molecule has 17 heavy (non-hydrogen) atoms. The van der Waals surface area contributed by atoms with E-state index in [4.69, 9.17) is 23.2 Å². The Labute approximate surface area is 106 Å². The van der Waals surface area contributed by atoms with Gasteiger partial charge in [-0.1, -0.05) is 23.2 Å². The maximum Gasteiger partial charge on any atom is 0.502 e. The first kappa shape index (κ1) is 14.0. The maximum atomic E-state index is 13.2. The molecule has 0 saturated carbocycles. The Morgan fingerprint density at radius 1 is 1.29 bits per heavy atom. The molecule has 0 aromatic heterocycles. The predicted octanol–water partition coefficient (Wildman–Crippen LogP) is 3.53. The van der Waals surface area contributed by atoms with E-state index in [1.165, 1.54) is 13.0 Å². The van der Waals surface area contributed by atoms with Crippen LogP contribution in [0.4, 0.5) is 8.78 Å². The fourth-order valence-corrected chi connectivity index (χ4v) is 1.50. The van der Waals surface area contributed by atoms with Gasteiger partial charge in [0.15, 0.2) is 0 Å². The van der Waals surface area contributed by atoms with E-state index in [1.807, 2.05) is 0 Å². The number of hydrogen-bond donors (Lipinski definition) is 0. The largest absolute Gasteiger partial charge is 0.502 e. The Kier molecular flexibility index (Phi) is 4.54. The Morgan fingerprint density at radius 2 is 1.82 bits per heavy atom. The normalized spacial score (nSPS) is 11.1. The third-order valence-electron chi connectivity index (χ3n) is 1.60. The maximum absolute atomic E-state index is 13.2. The van der Waals surface area contributed by atoms with Crippen molar-refractivity contribution in [3.63, 3.8) is 0 Å². The minimum atomic E-state index is -4.08. The summed E-state index contributed by atoms with van der Waals surface area (Å²) < 4.78 is 34.7. The van der Waals surface area contributed by atoms with Crippen molar-refractivity contribution in [2.75, 3.05) is 6.61 Å². The lowest BCUT2D eigenvalue weighted by atomic mass is 10.3. The van der Waals surface area contributed by atoms with Crippen LogP contribution in [-0.4, -0.2) is 18.7 Å². The molecule has 0 aliphatic rings. The molecule has 0 fully saturated rings. The van der Waals surface area contributed by atoms with Crippen LogP contribution >= 0.6 is 23.2 Å². The number of hydrogen-bond acceptors (Lipinski definition) is 3. The summed E-state index contributed by atoms with van der Waals surface area (Å²) in [6.45, 7) is 1.23. The van der Waals surface area contributed by atoms with Crippen LogP contribution in [0.5, 0.6) is 5.75 Å². The second-order valence-corrected chi connectivity index (χ2v) is 3.82. The molecule has 0 heterocycles. The second-order valence-electron chi connectivity index (χ2n) is 2.94. The Bertz CT molecular complexity index is 404. The van der Waals surface area contributed by atoms with Crippen LogP contribution in [0, 0.1) is 0 Å². The fourth-order valence-electron chi connectivity index (χ4n) is 0.992. The second kappa shape index (κ2) is 5.51. The average Bonchev–Trinajstić information content (AvgIpc) is 2.15. The van der Waals surface area contributed by atoms with Gasteiger partial charge in [-0.3, -0.25) is 0 Å². The van der Waals surface area contributed by atoms with Gasteiger partial charge in [-0.2, -0.15) is 8.78 Å². The van der Waals surface area contributed by atoms with Crippen LogP contribution in [0.3, 0.4) is 0 Å². The number of benzene rings is 1. The van der Waals surface area contributed by atoms with Gasteiger partial charge in [0.05, 0.1) is 6.61 Å². The molecule has 0 spiro atoms. The summed E-state index contributed by atoms with van der Waals surface area (Å²) in [4.78, 5) is 10.9. The summed E-state index contributed by atoms with van der Waals surface area (Å²) in [5, 5.41) is 0.235. The zero-order valence-electron chi connectivity index (χ0n) is 8.68. The van der Waals surface area contributed by atoms with Gasteiger partial charge in [-0.25, -0.2) is 4.79 Å². The molecule has 0 N–H and O–H groups in total. The Balaban J connectivity index is 2.85. The van der Waals surface area contributed by atoms with Crippen molar-refractivity contribution >= 4 is 29.2 Å². The Morgan fingerprint density at radius 3 is 2.29 bits per heavy atom. The first-order chi connectivity index (χ1) is 7.85. The molecule has 7 heteroatoms. The lowest BCUT2D eigenvalue weighted by Crippen LogP contribution is -2.36. The summed E-state index contributed by atoms with van der Waals surface area (Å²) in [6, 6.07) is 3.57. The SMILES string of the molecule is CCOC(=O)C(F)(F)Oc1cc(Cl)cc(Cl)c1. The van der Waals surface area contributed by atoms with E-state index in [0.717, 1.165) is 12.1 Å². The summed E-state index contributed by atoms with van der Waals surface area (Å²) in [6.07, 6.45) is -4.08. The molecule has 0 bridgehead atoms. The molecule has 94 valence electrons. The van der Waals surface area contributed by atoms with E-state index >= 15 is 0 Å². The van der Waals surface area contributed by atoms with E-state index in [1.54, 1.807) is 0 Å². The molecule has 3 nitrogen and oxygen atoms in total. The summed E-state index contributed by atoms with van der Waals surface area (Å²) >= 11 is 11.2. The highest BCUT2D eigenvalue weighted by atomic mass is 35.5. The van der Waals surface area contributed by atoms with Crippen molar-refractivity contribution in [2.24, 2.45) is 0 Å². The smallest absolute Gasteiger partial charge is 0.459 e. The zero-order valence-corrected chi connectivity index (χ0v) is 10.2. The predicted molar refractivity (Wildman–Crippen MR) is 58.7 cm³/mol. The van der Waals surface area contributed by atoms with Gasteiger partial charge in [0, 0.05) is 10.0 Å². The van der Waals surface area contributed by atoms with Gasteiger partial charge < -0.3 is 9.47 Å². The van der Waals surface area contributed by atoms with Crippen molar-refractivity contribution in [3.8, 4) is 5.75 Å². The fraction of sp³-hybridized carbons (Fsp3) is 0.300.